The first-order chi connectivity index (χ1) is 11.7. The zero-order chi connectivity index (χ0) is 17.4. The zero-order valence-electron chi connectivity index (χ0n) is 15.8. The van der Waals surface area contributed by atoms with Crippen LogP contribution in [-0.2, 0) is 6.42 Å². The molecule has 1 aromatic carbocycles. The number of ether oxygens (including phenoxy) is 2. The van der Waals surface area contributed by atoms with Gasteiger partial charge in [0.15, 0.2) is 17.5 Å². The van der Waals surface area contributed by atoms with Crippen LogP contribution in [-0.4, -0.2) is 38.3 Å². The Morgan fingerprint density at radius 2 is 1.84 bits per heavy atom. The Morgan fingerprint density at radius 3 is 2.44 bits per heavy atom. The summed E-state index contributed by atoms with van der Waals surface area (Å²) < 4.78 is 11.3. The van der Waals surface area contributed by atoms with Gasteiger partial charge in [-0.05, 0) is 57.2 Å². The number of hydrogen-bond donors (Lipinski definition) is 2. The maximum absolute atomic E-state index is 5.68. The van der Waals surface area contributed by atoms with E-state index >= 15 is 0 Å². The first-order valence-corrected chi connectivity index (χ1v) is 9.11. The maximum Gasteiger partial charge on any atom is 0.191 e. The Labute approximate surface area is 169 Å². The van der Waals surface area contributed by atoms with Gasteiger partial charge in [0, 0.05) is 19.1 Å². The summed E-state index contributed by atoms with van der Waals surface area (Å²) in [6.45, 7) is 11.2. The van der Waals surface area contributed by atoms with Gasteiger partial charge in [-0.3, -0.25) is 4.99 Å². The van der Waals surface area contributed by atoms with Crippen molar-refractivity contribution >= 4 is 29.9 Å². The number of nitrogens with zero attached hydrogens (tertiary/aromatic N) is 1. The summed E-state index contributed by atoms with van der Waals surface area (Å²) in [5.74, 6) is 3.30. The molecule has 2 N–H and O–H groups in total. The lowest BCUT2D eigenvalue weighted by Gasteiger charge is -2.13. The second-order valence-corrected chi connectivity index (χ2v) is 6.12. The molecule has 25 heavy (non-hydrogen) atoms. The lowest BCUT2D eigenvalue weighted by atomic mass is 10.1. The second kappa shape index (κ2) is 11.4. The van der Waals surface area contributed by atoms with Gasteiger partial charge in [0.1, 0.15) is 0 Å². The van der Waals surface area contributed by atoms with Crippen LogP contribution < -0.4 is 20.1 Å². The quantitative estimate of drug-likeness (QED) is 0.335. The first-order valence-electron chi connectivity index (χ1n) is 9.11. The number of aliphatic imine (C=N–C) groups is 1. The van der Waals surface area contributed by atoms with E-state index < -0.39 is 0 Å². The minimum Gasteiger partial charge on any atom is -0.490 e. The smallest absolute Gasteiger partial charge is 0.191 e. The van der Waals surface area contributed by atoms with Crippen LogP contribution in [0.15, 0.2) is 23.2 Å². The van der Waals surface area contributed by atoms with Crippen molar-refractivity contribution in [3.05, 3.63) is 23.8 Å². The molecule has 6 heteroatoms. The predicted molar refractivity (Wildman–Crippen MR) is 115 cm³/mol. The van der Waals surface area contributed by atoms with Crippen molar-refractivity contribution in [2.75, 3.05) is 26.3 Å². The molecule has 1 fully saturated rings. The summed E-state index contributed by atoms with van der Waals surface area (Å²) >= 11 is 0. The molecule has 0 spiro atoms. The van der Waals surface area contributed by atoms with Crippen molar-refractivity contribution in [2.45, 2.75) is 46.6 Å². The average molecular weight is 461 g/mol. The van der Waals surface area contributed by atoms with E-state index in [1.807, 2.05) is 19.9 Å². The third-order valence-electron chi connectivity index (χ3n) is 4.05. The molecule has 1 aliphatic rings. The van der Waals surface area contributed by atoms with Crippen LogP contribution in [0.5, 0.6) is 11.5 Å². The van der Waals surface area contributed by atoms with Crippen LogP contribution in [0.4, 0.5) is 0 Å². The van der Waals surface area contributed by atoms with Crippen molar-refractivity contribution in [3.63, 3.8) is 0 Å². The summed E-state index contributed by atoms with van der Waals surface area (Å²) in [6.07, 6.45) is 2.12. The molecule has 2 atom stereocenters. The third-order valence-corrected chi connectivity index (χ3v) is 4.05. The average Bonchev–Trinajstić information content (AvgIpc) is 3.25. The second-order valence-electron chi connectivity index (χ2n) is 6.12. The van der Waals surface area contributed by atoms with Crippen molar-refractivity contribution in [3.8, 4) is 11.5 Å². The molecule has 0 aromatic heterocycles. The van der Waals surface area contributed by atoms with Gasteiger partial charge >= 0.3 is 0 Å². The fourth-order valence-electron chi connectivity index (χ4n) is 2.57. The van der Waals surface area contributed by atoms with E-state index in [-0.39, 0.29) is 24.0 Å². The number of guanidine groups is 1. The highest BCUT2D eigenvalue weighted by molar-refractivity contribution is 14.0. The molecule has 2 rings (SSSR count). The summed E-state index contributed by atoms with van der Waals surface area (Å²) in [5, 5.41) is 6.79. The Kier molecular flexibility index (Phi) is 10.0. The Morgan fingerprint density at radius 1 is 1.16 bits per heavy atom. The zero-order valence-corrected chi connectivity index (χ0v) is 18.1. The highest BCUT2D eigenvalue weighted by Gasteiger charge is 2.33. The molecule has 0 heterocycles. The predicted octanol–water partition coefficient (Wildman–Crippen LogP) is 3.61. The first kappa shape index (κ1) is 21.9. The highest BCUT2D eigenvalue weighted by atomic mass is 127. The van der Waals surface area contributed by atoms with E-state index in [0.29, 0.717) is 19.3 Å². The van der Waals surface area contributed by atoms with Crippen molar-refractivity contribution in [1.82, 2.24) is 10.6 Å². The lowest BCUT2D eigenvalue weighted by molar-refractivity contribution is 0.287. The van der Waals surface area contributed by atoms with Crippen LogP contribution >= 0.6 is 24.0 Å². The van der Waals surface area contributed by atoms with Gasteiger partial charge in [-0.25, -0.2) is 0 Å². The van der Waals surface area contributed by atoms with Gasteiger partial charge in [-0.1, -0.05) is 13.0 Å². The molecule has 5 nitrogen and oxygen atoms in total. The number of hydrogen-bond acceptors (Lipinski definition) is 3. The van der Waals surface area contributed by atoms with Gasteiger partial charge in [-0.2, -0.15) is 0 Å². The lowest BCUT2D eigenvalue weighted by Crippen LogP contribution is -2.39. The van der Waals surface area contributed by atoms with E-state index in [0.717, 1.165) is 42.9 Å². The largest absolute Gasteiger partial charge is 0.490 e. The van der Waals surface area contributed by atoms with Gasteiger partial charge in [0.2, 0.25) is 0 Å². The van der Waals surface area contributed by atoms with Crippen LogP contribution in [0.2, 0.25) is 0 Å². The molecule has 142 valence electrons. The molecule has 0 aliphatic heterocycles. The SMILES string of the molecule is CCNC(=NCCc1ccc(OCC)c(OCC)c1)NC1CC1C.I. The molecule has 0 amide bonds. The molecule has 2 unspecified atom stereocenters. The Bertz CT molecular complexity index is 551. The molecule has 1 aliphatic carbocycles. The number of nitrogens with one attached hydrogen (secondary N) is 2. The Balaban J connectivity index is 0.00000312. The summed E-state index contributed by atoms with van der Waals surface area (Å²) in [7, 11) is 0. The van der Waals surface area contributed by atoms with Crippen LogP contribution in [0, 0.1) is 5.92 Å². The fraction of sp³-hybridized carbons (Fsp3) is 0.632. The van der Waals surface area contributed by atoms with Crippen LogP contribution in [0.3, 0.4) is 0 Å². The topological polar surface area (TPSA) is 54.9 Å². The molecule has 0 radical (unpaired) electrons. The van der Waals surface area contributed by atoms with Gasteiger partial charge in [-0.15, -0.1) is 24.0 Å². The fourth-order valence-corrected chi connectivity index (χ4v) is 2.57. The maximum atomic E-state index is 5.68. The number of rotatable bonds is 9. The summed E-state index contributed by atoms with van der Waals surface area (Å²) in [6, 6.07) is 6.72. The number of halogens is 1. The van der Waals surface area contributed by atoms with E-state index in [2.05, 4.69) is 41.6 Å². The summed E-state index contributed by atoms with van der Waals surface area (Å²) in [5.41, 5.74) is 1.21. The molecule has 0 bridgehead atoms. The normalized spacial score (nSPS) is 19.0. The molecule has 1 aromatic rings. The number of benzene rings is 1. The van der Waals surface area contributed by atoms with Crippen molar-refractivity contribution < 1.29 is 9.47 Å². The third kappa shape index (κ3) is 7.30. The molecular weight excluding hydrogens is 429 g/mol. The molecule has 1 saturated carbocycles. The van der Waals surface area contributed by atoms with Crippen LogP contribution in [0.25, 0.3) is 0 Å². The van der Waals surface area contributed by atoms with Gasteiger partial charge in [0.25, 0.3) is 0 Å². The molecular formula is C19H32IN3O2. The van der Waals surface area contributed by atoms with Crippen LogP contribution in [0.1, 0.15) is 39.7 Å². The monoisotopic (exact) mass is 461 g/mol. The minimum absolute atomic E-state index is 0. The standard InChI is InChI=1S/C19H31N3O2.HI/c1-5-20-19(22-16-12-14(16)4)21-11-10-15-8-9-17(23-6-2)18(13-15)24-7-3;/h8-9,13-14,16H,5-7,10-12H2,1-4H3,(H2,20,21,22);1H. The van der Waals surface area contributed by atoms with Crippen molar-refractivity contribution in [2.24, 2.45) is 10.9 Å². The van der Waals surface area contributed by atoms with Crippen molar-refractivity contribution in [1.29, 1.82) is 0 Å². The van der Waals surface area contributed by atoms with E-state index in [1.165, 1.54) is 12.0 Å². The van der Waals surface area contributed by atoms with E-state index in [4.69, 9.17) is 9.47 Å². The van der Waals surface area contributed by atoms with E-state index in [1.54, 1.807) is 0 Å². The Hall–Kier alpha value is -1.18. The van der Waals surface area contributed by atoms with Gasteiger partial charge in [0.05, 0.1) is 13.2 Å². The van der Waals surface area contributed by atoms with Gasteiger partial charge < -0.3 is 20.1 Å². The highest BCUT2D eigenvalue weighted by Crippen LogP contribution is 2.29. The molecule has 0 saturated heterocycles. The minimum atomic E-state index is 0. The van der Waals surface area contributed by atoms with E-state index in [9.17, 15) is 0 Å². The summed E-state index contributed by atoms with van der Waals surface area (Å²) in [4.78, 5) is 4.68.